The summed E-state index contributed by atoms with van der Waals surface area (Å²) in [6, 6.07) is 0. The van der Waals surface area contributed by atoms with E-state index in [2.05, 4.69) is 15.4 Å². The van der Waals surface area contributed by atoms with E-state index < -0.39 is 0 Å². The standard InChI is InChI=1S/C10H18N4O2/c1-2-9(15)3-5-12-10(16)4-6-14-8-11-7-13-14/h7-9,15H,2-6H2,1H3,(H,12,16). The molecule has 0 spiro atoms. The van der Waals surface area contributed by atoms with E-state index in [0.29, 0.717) is 25.9 Å². The molecule has 1 heterocycles. The third-order valence-corrected chi connectivity index (χ3v) is 2.31. The maximum Gasteiger partial charge on any atom is 0.221 e. The third-order valence-electron chi connectivity index (χ3n) is 2.31. The molecule has 1 aromatic heterocycles. The molecular formula is C10H18N4O2. The molecule has 0 fully saturated rings. The molecule has 0 aromatic carbocycles. The van der Waals surface area contributed by atoms with Gasteiger partial charge in [-0.05, 0) is 12.8 Å². The van der Waals surface area contributed by atoms with Crippen LogP contribution in [0.4, 0.5) is 0 Å². The summed E-state index contributed by atoms with van der Waals surface area (Å²) < 4.78 is 1.61. The molecule has 1 amide bonds. The summed E-state index contributed by atoms with van der Waals surface area (Å²) in [6.07, 6.45) is 4.39. The van der Waals surface area contributed by atoms with Crippen molar-refractivity contribution in [3.63, 3.8) is 0 Å². The maximum atomic E-state index is 11.4. The molecule has 1 aromatic rings. The fraction of sp³-hybridized carbons (Fsp3) is 0.700. The van der Waals surface area contributed by atoms with Crippen LogP contribution < -0.4 is 5.32 Å². The summed E-state index contributed by atoms with van der Waals surface area (Å²) in [7, 11) is 0. The summed E-state index contributed by atoms with van der Waals surface area (Å²) in [5.74, 6) is -0.0289. The van der Waals surface area contributed by atoms with Gasteiger partial charge in [-0.3, -0.25) is 9.48 Å². The maximum absolute atomic E-state index is 11.4. The van der Waals surface area contributed by atoms with Crippen LogP contribution in [0.3, 0.4) is 0 Å². The Morgan fingerprint density at radius 3 is 3.06 bits per heavy atom. The van der Waals surface area contributed by atoms with Gasteiger partial charge in [0.2, 0.25) is 5.91 Å². The van der Waals surface area contributed by atoms with Crippen molar-refractivity contribution in [1.82, 2.24) is 20.1 Å². The van der Waals surface area contributed by atoms with Gasteiger partial charge in [0.1, 0.15) is 12.7 Å². The molecule has 0 aliphatic carbocycles. The molecular weight excluding hydrogens is 208 g/mol. The molecule has 1 atom stereocenters. The van der Waals surface area contributed by atoms with Gasteiger partial charge in [0.15, 0.2) is 0 Å². The van der Waals surface area contributed by atoms with Gasteiger partial charge in [0, 0.05) is 13.0 Å². The molecule has 0 saturated heterocycles. The minimum absolute atomic E-state index is 0.0289. The van der Waals surface area contributed by atoms with Gasteiger partial charge in [-0.15, -0.1) is 0 Å². The average molecular weight is 226 g/mol. The molecule has 0 aliphatic heterocycles. The van der Waals surface area contributed by atoms with E-state index in [4.69, 9.17) is 0 Å². The van der Waals surface area contributed by atoms with E-state index in [-0.39, 0.29) is 12.0 Å². The lowest BCUT2D eigenvalue weighted by Crippen LogP contribution is -2.27. The van der Waals surface area contributed by atoms with Crippen molar-refractivity contribution >= 4 is 5.91 Å². The Balaban J connectivity index is 2.07. The van der Waals surface area contributed by atoms with Crippen LogP contribution in [0.1, 0.15) is 26.2 Å². The SMILES string of the molecule is CCC(O)CCNC(=O)CCn1cncn1. The van der Waals surface area contributed by atoms with Gasteiger partial charge >= 0.3 is 0 Å². The molecule has 6 nitrogen and oxygen atoms in total. The summed E-state index contributed by atoms with van der Waals surface area (Å²) in [4.78, 5) is 15.1. The molecule has 0 saturated carbocycles. The number of rotatable bonds is 7. The Labute approximate surface area is 94.7 Å². The van der Waals surface area contributed by atoms with Crippen molar-refractivity contribution in [2.24, 2.45) is 0 Å². The first-order valence-electron chi connectivity index (χ1n) is 5.49. The van der Waals surface area contributed by atoms with Crippen molar-refractivity contribution in [3.05, 3.63) is 12.7 Å². The van der Waals surface area contributed by atoms with Crippen molar-refractivity contribution in [2.45, 2.75) is 38.8 Å². The predicted octanol–water partition coefficient (Wildman–Crippen LogP) is -0.0546. The molecule has 1 unspecified atom stereocenters. The van der Waals surface area contributed by atoms with Crippen molar-refractivity contribution in [1.29, 1.82) is 0 Å². The van der Waals surface area contributed by atoms with E-state index >= 15 is 0 Å². The number of amides is 1. The van der Waals surface area contributed by atoms with Crippen LogP contribution >= 0.6 is 0 Å². The number of nitrogens with one attached hydrogen (secondary N) is 1. The van der Waals surface area contributed by atoms with Gasteiger partial charge in [-0.25, -0.2) is 4.98 Å². The van der Waals surface area contributed by atoms with Crippen LogP contribution in [0.15, 0.2) is 12.7 Å². The minimum Gasteiger partial charge on any atom is -0.393 e. The quantitative estimate of drug-likeness (QED) is 0.683. The number of aliphatic hydroxyl groups excluding tert-OH is 1. The Bertz CT molecular complexity index is 300. The Kier molecular flexibility index (Phi) is 5.49. The van der Waals surface area contributed by atoms with Gasteiger partial charge in [-0.2, -0.15) is 5.10 Å². The normalized spacial score (nSPS) is 12.4. The highest BCUT2D eigenvalue weighted by atomic mass is 16.3. The molecule has 0 bridgehead atoms. The highest BCUT2D eigenvalue weighted by molar-refractivity contribution is 5.75. The van der Waals surface area contributed by atoms with Gasteiger partial charge in [0.05, 0.1) is 12.6 Å². The lowest BCUT2D eigenvalue weighted by atomic mass is 10.2. The van der Waals surface area contributed by atoms with Crippen molar-refractivity contribution in [2.75, 3.05) is 6.54 Å². The summed E-state index contributed by atoms with van der Waals surface area (Å²) in [5.41, 5.74) is 0. The first-order chi connectivity index (χ1) is 7.72. The van der Waals surface area contributed by atoms with Crippen LogP contribution in [0.2, 0.25) is 0 Å². The molecule has 90 valence electrons. The number of aromatic nitrogens is 3. The van der Waals surface area contributed by atoms with E-state index in [1.165, 1.54) is 6.33 Å². The zero-order valence-electron chi connectivity index (χ0n) is 9.46. The molecule has 1 rings (SSSR count). The van der Waals surface area contributed by atoms with E-state index in [0.717, 1.165) is 6.42 Å². The highest BCUT2D eigenvalue weighted by Gasteiger charge is 2.04. The first-order valence-corrected chi connectivity index (χ1v) is 5.49. The Morgan fingerprint density at radius 1 is 1.62 bits per heavy atom. The number of aliphatic hydroxyl groups is 1. The van der Waals surface area contributed by atoms with Gasteiger partial charge in [-0.1, -0.05) is 6.92 Å². The molecule has 2 N–H and O–H groups in total. The summed E-state index contributed by atoms with van der Waals surface area (Å²) in [6.45, 7) is 2.96. The second-order valence-electron chi connectivity index (χ2n) is 3.61. The van der Waals surface area contributed by atoms with E-state index in [1.54, 1.807) is 11.0 Å². The second kappa shape index (κ2) is 6.95. The highest BCUT2D eigenvalue weighted by Crippen LogP contribution is 1.94. The number of hydrogen-bond donors (Lipinski definition) is 2. The van der Waals surface area contributed by atoms with Crippen molar-refractivity contribution in [3.8, 4) is 0 Å². The zero-order chi connectivity index (χ0) is 11.8. The predicted molar refractivity (Wildman–Crippen MR) is 58.6 cm³/mol. The molecule has 16 heavy (non-hydrogen) atoms. The molecule has 6 heteroatoms. The van der Waals surface area contributed by atoms with E-state index in [9.17, 15) is 9.90 Å². The Hall–Kier alpha value is -1.43. The van der Waals surface area contributed by atoms with Crippen LogP contribution in [-0.2, 0) is 11.3 Å². The van der Waals surface area contributed by atoms with E-state index in [1.807, 2.05) is 6.92 Å². The number of carbonyl (C=O) groups excluding carboxylic acids is 1. The van der Waals surface area contributed by atoms with Crippen LogP contribution in [0.5, 0.6) is 0 Å². The van der Waals surface area contributed by atoms with Crippen molar-refractivity contribution < 1.29 is 9.90 Å². The largest absolute Gasteiger partial charge is 0.393 e. The number of nitrogens with zero attached hydrogens (tertiary/aromatic N) is 3. The topological polar surface area (TPSA) is 80.0 Å². The number of hydrogen-bond acceptors (Lipinski definition) is 4. The molecule has 0 aliphatic rings. The fourth-order valence-electron chi connectivity index (χ4n) is 1.24. The second-order valence-corrected chi connectivity index (χ2v) is 3.61. The summed E-state index contributed by atoms with van der Waals surface area (Å²) in [5, 5.41) is 15.9. The zero-order valence-corrected chi connectivity index (χ0v) is 9.46. The first kappa shape index (κ1) is 12.6. The Morgan fingerprint density at radius 2 is 2.44 bits per heavy atom. The van der Waals surface area contributed by atoms with Gasteiger partial charge < -0.3 is 10.4 Å². The monoisotopic (exact) mass is 226 g/mol. The van der Waals surface area contributed by atoms with Crippen LogP contribution in [0, 0.1) is 0 Å². The summed E-state index contributed by atoms with van der Waals surface area (Å²) >= 11 is 0. The number of aryl methyl sites for hydroxylation is 1. The number of carbonyl (C=O) groups is 1. The average Bonchev–Trinajstić information content (AvgIpc) is 2.79. The molecule has 0 radical (unpaired) electrons. The third kappa shape index (κ3) is 4.88. The smallest absolute Gasteiger partial charge is 0.221 e. The fourth-order valence-corrected chi connectivity index (χ4v) is 1.24. The van der Waals surface area contributed by atoms with Gasteiger partial charge in [0.25, 0.3) is 0 Å². The lowest BCUT2D eigenvalue weighted by Gasteiger charge is -2.08. The van der Waals surface area contributed by atoms with Crippen LogP contribution in [-0.4, -0.2) is 38.4 Å². The van der Waals surface area contributed by atoms with Crippen LogP contribution in [0.25, 0.3) is 0 Å². The minimum atomic E-state index is -0.324. The lowest BCUT2D eigenvalue weighted by molar-refractivity contribution is -0.121.